The van der Waals surface area contributed by atoms with Crippen LogP contribution in [0.3, 0.4) is 0 Å². The van der Waals surface area contributed by atoms with Crippen LogP contribution in [-0.2, 0) is 14.2 Å². The molecule has 0 aliphatic carbocycles. The van der Waals surface area contributed by atoms with Crippen LogP contribution in [0.4, 0.5) is 4.79 Å². The Bertz CT molecular complexity index is 1030. The van der Waals surface area contributed by atoms with Crippen molar-refractivity contribution in [2.45, 2.75) is 69.9 Å². The average Bonchev–Trinajstić information content (AvgIpc) is 3.42. The second-order valence-corrected chi connectivity index (χ2v) is 11.0. The molecule has 0 saturated carbocycles. The topological polar surface area (TPSA) is 82.0 Å². The van der Waals surface area contributed by atoms with Crippen LogP contribution in [0.5, 0.6) is 0 Å². The Labute approximate surface area is 205 Å². The number of morpholine rings is 1. The number of nitrogens with zero attached hydrogens (tertiary/aromatic N) is 5. The van der Waals surface area contributed by atoms with Crippen molar-refractivity contribution in [3.05, 3.63) is 23.7 Å². The number of hydrogen-bond acceptors (Lipinski definition) is 7. The lowest BCUT2D eigenvalue weighted by Crippen LogP contribution is -2.63. The van der Waals surface area contributed by atoms with E-state index in [1.54, 1.807) is 0 Å². The van der Waals surface area contributed by atoms with Gasteiger partial charge in [0.2, 0.25) is 0 Å². The van der Waals surface area contributed by atoms with E-state index in [2.05, 4.69) is 19.4 Å². The minimum absolute atomic E-state index is 0.0560. The third-order valence-electron chi connectivity index (χ3n) is 7.17. The third kappa shape index (κ3) is 4.76. The fraction of sp³-hybridized carbons (Fsp3) is 0.708. The number of carbonyl (C=O) groups excluding carboxylic acids is 1. The predicted molar refractivity (Wildman–Crippen MR) is 128 cm³/mol. The van der Waals surface area contributed by atoms with Crippen molar-refractivity contribution in [3.8, 4) is 0 Å². The zero-order valence-corrected chi connectivity index (χ0v) is 21.0. The van der Waals surface area contributed by atoms with Crippen LogP contribution >= 0.6 is 11.6 Å². The van der Waals surface area contributed by atoms with Crippen LogP contribution in [0.15, 0.2) is 18.6 Å². The zero-order chi connectivity index (χ0) is 23.9. The molecule has 5 rings (SSSR count). The highest BCUT2D eigenvalue weighted by Gasteiger charge is 2.45. The number of likely N-dealkylation sites (tertiary alicyclic amines) is 1. The molecule has 186 valence electrons. The number of halogens is 1. The van der Waals surface area contributed by atoms with Crippen molar-refractivity contribution in [2.24, 2.45) is 0 Å². The zero-order valence-electron chi connectivity index (χ0n) is 20.2. The van der Waals surface area contributed by atoms with Crippen molar-refractivity contribution in [3.63, 3.8) is 0 Å². The summed E-state index contributed by atoms with van der Waals surface area (Å²) in [5, 5.41) is 1.31. The first-order chi connectivity index (χ1) is 16.2. The van der Waals surface area contributed by atoms with E-state index in [-0.39, 0.29) is 24.0 Å². The van der Waals surface area contributed by atoms with Gasteiger partial charge in [-0.25, -0.2) is 14.8 Å². The molecular formula is C24H34ClN5O4. The number of fused-ring (bicyclic) bond motifs is 1. The molecule has 9 nitrogen and oxygen atoms in total. The fourth-order valence-electron chi connectivity index (χ4n) is 5.39. The van der Waals surface area contributed by atoms with E-state index in [4.69, 9.17) is 25.8 Å². The summed E-state index contributed by atoms with van der Waals surface area (Å²) in [4.78, 5) is 25.4. The lowest BCUT2D eigenvalue weighted by atomic mass is 9.85. The summed E-state index contributed by atoms with van der Waals surface area (Å²) in [5.41, 5.74) is 0.271. The highest BCUT2D eigenvalue weighted by molar-refractivity contribution is 6.33. The number of piperidine rings is 1. The molecule has 1 spiro atoms. The lowest BCUT2D eigenvalue weighted by Gasteiger charge is -2.51. The van der Waals surface area contributed by atoms with E-state index in [0.29, 0.717) is 24.8 Å². The molecule has 0 radical (unpaired) electrons. The van der Waals surface area contributed by atoms with Gasteiger partial charge in [0.15, 0.2) is 0 Å². The second kappa shape index (κ2) is 9.26. The minimum atomic E-state index is -0.481. The van der Waals surface area contributed by atoms with Crippen LogP contribution < -0.4 is 0 Å². The van der Waals surface area contributed by atoms with Crippen molar-refractivity contribution in [2.75, 3.05) is 39.4 Å². The van der Waals surface area contributed by atoms with E-state index in [1.165, 1.54) is 6.33 Å². The molecule has 3 fully saturated rings. The van der Waals surface area contributed by atoms with Gasteiger partial charge in [0.25, 0.3) is 0 Å². The van der Waals surface area contributed by atoms with Gasteiger partial charge in [-0.05, 0) is 52.5 Å². The van der Waals surface area contributed by atoms with Gasteiger partial charge in [-0.15, -0.1) is 0 Å². The maximum atomic E-state index is 12.5. The molecule has 0 aromatic carbocycles. The summed E-state index contributed by atoms with van der Waals surface area (Å²) < 4.78 is 20.1. The van der Waals surface area contributed by atoms with E-state index in [0.717, 1.165) is 56.4 Å². The third-order valence-corrected chi connectivity index (χ3v) is 7.47. The van der Waals surface area contributed by atoms with Crippen molar-refractivity contribution in [1.29, 1.82) is 0 Å². The first kappa shape index (κ1) is 23.8. The smallest absolute Gasteiger partial charge is 0.410 e. The summed E-state index contributed by atoms with van der Waals surface area (Å²) in [7, 11) is 0. The predicted octanol–water partition coefficient (Wildman–Crippen LogP) is 3.86. The summed E-state index contributed by atoms with van der Waals surface area (Å²) >= 11 is 6.22. The Morgan fingerprint density at radius 3 is 2.79 bits per heavy atom. The Kier molecular flexibility index (Phi) is 6.48. The number of rotatable bonds is 3. The fourth-order valence-corrected chi connectivity index (χ4v) is 5.58. The summed E-state index contributed by atoms with van der Waals surface area (Å²) in [6, 6.07) is 1.95. The van der Waals surface area contributed by atoms with Gasteiger partial charge in [0, 0.05) is 37.9 Å². The SMILES string of the molecule is CC(C)(C)OC(=O)N1CCC2(CC1)COCCN2CC1CCC(n2ccc3c(Cl)ncnc32)O1. The maximum Gasteiger partial charge on any atom is 0.410 e. The molecule has 5 heterocycles. The number of hydrogen-bond donors (Lipinski definition) is 0. The molecule has 3 saturated heterocycles. The second-order valence-electron chi connectivity index (χ2n) is 10.6. The number of amides is 1. The lowest BCUT2D eigenvalue weighted by molar-refractivity contribution is -0.114. The number of aromatic nitrogens is 3. The Hall–Kier alpha value is -1.94. The van der Waals surface area contributed by atoms with Crippen LogP contribution in [0.2, 0.25) is 5.15 Å². The Morgan fingerprint density at radius 1 is 1.24 bits per heavy atom. The summed E-state index contributed by atoms with van der Waals surface area (Å²) in [6.45, 7) is 10.2. The standard InChI is InChI=1S/C24H34ClN5O4/c1-23(2,3)34-22(31)28-10-7-24(8-11-28)15-32-13-12-29(24)14-17-4-5-19(33-17)30-9-6-18-20(25)26-16-27-21(18)30/h6,9,16-17,19H,4-5,7-8,10-15H2,1-3H3. The van der Waals surface area contributed by atoms with Gasteiger partial charge >= 0.3 is 6.09 Å². The van der Waals surface area contributed by atoms with Crippen LogP contribution in [0, 0.1) is 0 Å². The largest absolute Gasteiger partial charge is 0.444 e. The molecule has 3 aliphatic rings. The van der Waals surface area contributed by atoms with Crippen molar-refractivity contribution >= 4 is 28.7 Å². The molecule has 3 aliphatic heterocycles. The Balaban J connectivity index is 1.22. The summed E-state index contributed by atoms with van der Waals surface area (Å²) in [6.07, 6.45) is 7.00. The molecular weight excluding hydrogens is 458 g/mol. The van der Waals surface area contributed by atoms with Gasteiger partial charge in [-0.2, -0.15) is 0 Å². The Morgan fingerprint density at radius 2 is 2.03 bits per heavy atom. The van der Waals surface area contributed by atoms with Crippen molar-refractivity contribution < 1.29 is 19.0 Å². The highest BCUT2D eigenvalue weighted by Crippen LogP contribution is 2.36. The molecule has 2 aromatic heterocycles. The number of carbonyl (C=O) groups is 1. The van der Waals surface area contributed by atoms with E-state index in [9.17, 15) is 4.79 Å². The van der Waals surface area contributed by atoms with Crippen molar-refractivity contribution in [1.82, 2.24) is 24.3 Å². The monoisotopic (exact) mass is 491 g/mol. The number of ether oxygens (including phenoxy) is 3. The van der Waals surface area contributed by atoms with Crippen LogP contribution in [-0.4, -0.2) is 87.1 Å². The van der Waals surface area contributed by atoms with E-state index < -0.39 is 5.60 Å². The van der Waals surface area contributed by atoms with Crippen LogP contribution in [0.1, 0.15) is 52.7 Å². The van der Waals surface area contributed by atoms with Crippen LogP contribution in [0.25, 0.3) is 11.0 Å². The quantitative estimate of drug-likeness (QED) is 0.603. The first-order valence-electron chi connectivity index (χ1n) is 12.2. The van der Waals surface area contributed by atoms with Gasteiger partial charge < -0.3 is 23.7 Å². The highest BCUT2D eigenvalue weighted by atomic mass is 35.5. The first-order valence-corrected chi connectivity index (χ1v) is 12.6. The molecule has 0 bridgehead atoms. The normalized spacial score (nSPS) is 25.8. The molecule has 2 aromatic rings. The van der Waals surface area contributed by atoms with Gasteiger partial charge in [-0.3, -0.25) is 4.90 Å². The minimum Gasteiger partial charge on any atom is -0.444 e. The summed E-state index contributed by atoms with van der Waals surface area (Å²) in [5.74, 6) is 0. The van der Waals surface area contributed by atoms with Gasteiger partial charge in [-0.1, -0.05) is 11.6 Å². The average molecular weight is 492 g/mol. The van der Waals surface area contributed by atoms with E-state index in [1.807, 2.05) is 37.9 Å². The molecule has 10 heteroatoms. The maximum absolute atomic E-state index is 12.5. The molecule has 1 amide bonds. The molecule has 2 atom stereocenters. The molecule has 0 N–H and O–H groups in total. The molecule has 34 heavy (non-hydrogen) atoms. The van der Waals surface area contributed by atoms with Gasteiger partial charge in [0.05, 0.1) is 24.7 Å². The van der Waals surface area contributed by atoms with Gasteiger partial charge in [0.1, 0.15) is 29.0 Å². The van der Waals surface area contributed by atoms with E-state index >= 15 is 0 Å². The molecule has 2 unspecified atom stereocenters.